The third-order valence-corrected chi connectivity index (χ3v) is 4.02. The fourth-order valence-corrected chi connectivity index (χ4v) is 2.68. The molecule has 0 spiro atoms. The lowest BCUT2D eigenvalue weighted by molar-refractivity contribution is -0.152. The molecular formula is C17H26N4O4. The molecular weight excluding hydrogens is 324 g/mol. The molecule has 0 aliphatic carbocycles. The van der Waals surface area contributed by atoms with E-state index in [0.29, 0.717) is 25.2 Å². The van der Waals surface area contributed by atoms with Gasteiger partial charge >= 0.3 is 5.97 Å². The topological polar surface area (TPSA) is 84.7 Å². The van der Waals surface area contributed by atoms with Gasteiger partial charge < -0.3 is 4.74 Å². The van der Waals surface area contributed by atoms with Gasteiger partial charge in [-0.05, 0) is 19.4 Å². The van der Waals surface area contributed by atoms with Gasteiger partial charge in [-0.15, -0.1) is 0 Å². The summed E-state index contributed by atoms with van der Waals surface area (Å²) < 4.78 is 6.35. The van der Waals surface area contributed by atoms with Crippen molar-refractivity contribution in [3.63, 3.8) is 0 Å². The van der Waals surface area contributed by atoms with Gasteiger partial charge in [-0.25, -0.2) is 5.01 Å². The summed E-state index contributed by atoms with van der Waals surface area (Å²) >= 11 is 0. The van der Waals surface area contributed by atoms with Crippen molar-refractivity contribution >= 4 is 17.8 Å². The molecule has 0 atom stereocenters. The van der Waals surface area contributed by atoms with Crippen molar-refractivity contribution < 1.29 is 19.1 Å². The summed E-state index contributed by atoms with van der Waals surface area (Å²) in [6, 6.07) is 1.76. The van der Waals surface area contributed by atoms with Crippen LogP contribution in [0.3, 0.4) is 0 Å². The molecule has 0 saturated carbocycles. The van der Waals surface area contributed by atoms with Crippen LogP contribution in [0.25, 0.3) is 0 Å². The highest BCUT2D eigenvalue weighted by atomic mass is 16.5. The lowest BCUT2D eigenvalue weighted by Gasteiger charge is -2.27. The summed E-state index contributed by atoms with van der Waals surface area (Å²) in [5, 5.41) is 7.14. The van der Waals surface area contributed by atoms with Gasteiger partial charge in [0.15, 0.2) is 0 Å². The van der Waals surface area contributed by atoms with E-state index in [0.717, 1.165) is 5.69 Å². The number of amides is 2. The van der Waals surface area contributed by atoms with Crippen molar-refractivity contribution in [1.29, 1.82) is 0 Å². The second-order valence-corrected chi connectivity index (χ2v) is 7.07. The number of rotatable bonds is 4. The fraction of sp³-hybridized carbons (Fsp3) is 0.647. The van der Waals surface area contributed by atoms with E-state index in [1.807, 2.05) is 20.8 Å². The molecule has 1 aromatic heterocycles. The lowest BCUT2D eigenvalue weighted by atomic mass is 9.92. The van der Waals surface area contributed by atoms with Crippen LogP contribution in [0, 0.1) is 0 Å². The summed E-state index contributed by atoms with van der Waals surface area (Å²) in [4.78, 5) is 36.8. The van der Waals surface area contributed by atoms with Crippen LogP contribution in [0.4, 0.5) is 0 Å². The van der Waals surface area contributed by atoms with E-state index in [1.165, 1.54) is 14.7 Å². The first-order chi connectivity index (χ1) is 11.6. The minimum Gasteiger partial charge on any atom is -0.466 e. The molecule has 8 nitrogen and oxygen atoms in total. The normalized spacial score (nSPS) is 14.8. The summed E-state index contributed by atoms with van der Waals surface area (Å²) in [6.07, 6.45) is 0.306. The average molecular weight is 350 g/mol. The van der Waals surface area contributed by atoms with E-state index in [4.69, 9.17) is 4.74 Å². The molecule has 1 saturated heterocycles. The van der Waals surface area contributed by atoms with Crippen molar-refractivity contribution in [3.8, 4) is 0 Å². The smallest absolute Gasteiger partial charge is 0.315 e. The van der Waals surface area contributed by atoms with Crippen molar-refractivity contribution in [2.24, 2.45) is 7.05 Å². The molecule has 0 bridgehead atoms. The zero-order chi connectivity index (χ0) is 18.8. The molecule has 0 unspecified atom stereocenters. The number of aryl methyl sites for hydroxylation is 1. The molecule has 8 heteroatoms. The van der Waals surface area contributed by atoms with E-state index in [2.05, 4.69) is 5.10 Å². The molecule has 2 rings (SSSR count). The van der Waals surface area contributed by atoms with Crippen molar-refractivity contribution in [1.82, 2.24) is 19.8 Å². The number of aromatic nitrogens is 2. The number of ether oxygens (including phenoxy) is 1. The van der Waals surface area contributed by atoms with Crippen LogP contribution in [-0.2, 0) is 26.8 Å². The molecule has 25 heavy (non-hydrogen) atoms. The quantitative estimate of drug-likeness (QED) is 0.603. The Morgan fingerprint density at radius 3 is 2.40 bits per heavy atom. The van der Waals surface area contributed by atoms with Gasteiger partial charge in [0.25, 0.3) is 11.8 Å². The maximum absolute atomic E-state index is 12.9. The number of carbonyl (C=O) groups is 3. The maximum Gasteiger partial charge on any atom is 0.315 e. The molecule has 0 radical (unpaired) electrons. The van der Waals surface area contributed by atoms with Crippen LogP contribution < -0.4 is 0 Å². The first-order valence-electron chi connectivity index (χ1n) is 8.47. The summed E-state index contributed by atoms with van der Waals surface area (Å²) in [6.45, 7) is 8.82. The Balaban J connectivity index is 2.17. The standard InChI is InChI=1S/C17H26N4O4/c1-6-25-15(23)11-14(22)20-8-7-9-21(20)16(24)12-10-13(17(2,3)4)18-19(12)5/h10H,6-9,11H2,1-5H3. The molecule has 2 amide bonds. The monoisotopic (exact) mass is 350 g/mol. The van der Waals surface area contributed by atoms with Gasteiger partial charge in [0.1, 0.15) is 12.1 Å². The number of hydrogen-bond donors (Lipinski definition) is 0. The van der Waals surface area contributed by atoms with Crippen molar-refractivity contribution in [2.45, 2.75) is 46.0 Å². The molecule has 2 heterocycles. The Labute approximate surface area is 147 Å². The highest BCUT2D eigenvalue weighted by Crippen LogP contribution is 2.23. The highest BCUT2D eigenvalue weighted by Gasteiger charge is 2.34. The fourth-order valence-electron chi connectivity index (χ4n) is 2.68. The van der Waals surface area contributed by atoms with Gasteiger partial charge in [-0.1, -0.05) is 20.8 Å². The van der Waals surface area contributed by atoms with Crippen molar-refractivity contribution in [2.75, 3.05) is 19.7 Å². The summed E-state index contributed by atoms with van der Waals surface area (Å²) in [5.41, 5.74) is 1.04. The predicted molar refractivity (Wildman–Crippen MR) is 90.5 cm³/mol. The van der Waals surface area contributed by atoms with Crippen LogP contribution in [-0.4, -0.2) is 57.3 Å². The molecule has 1 aliphatic heterocycles. The van der Waals surface area contributed by atoms with E-state index in [-0.39, 0.29) is 24.3 Å². The Morgan fingerprint density at radius 1 is 1.20 bits per heavy atom. The number of nitrogens with zero attached hydrogens (tertiary/aromatic N) is 4. The van der Waals surface area contributed by atoms with Crippen LogP contribution in [0.5, 0.6) is 0 Å². The second kappa shape index (κ2) is 7.25. The minimum absolute atomic E-state index is 0.180. The van der Waals surface area contributed by atoms with Crippen LogP contribution in [0.15, 0.2) is 6.07 Å². The third-order valence-electron chi connectivity index (χ3n) is 4.02. The minimum atomic E-state index is -0.581. The van der Waals surface area contributed by atoms with Gasteiger partial charge in [-0.3, -0.25) is 24.1 Å². The van der Waals surface area contributed by atoms with Gasteiger partial charge in [0, 0.05) is 25.6 Å². The largest absolute Gasteiger partial charge is 0.466 e. The molecule has 138 valence electrons. The van der Waals surface area contributed by atoms with Crippen LogP contribution in [0.2, 0.25) is 0 Å². The third kappa shape index (κ3) is 4.18. The predicted octanol–water partition coefficient (Wildman–Crippen LogP) is 1.26. The van der Waals surface area contributed by atoms with E-state index >= 15 is 0 Å². The van der Waals surface area contributed by atoms with E-state index in [1.54, 1.807) is 20.0 Å². The van der Waals surface area contributed by atoms with Gasteiger partial charge in [-0.2, -0.15) is 5.10 Å². The maximum atomic E-state index is 12.9. The first-order valence-corrected chi connectivity index (χ1v) is 8.47. The van der Waals surface area contributed by atoms with Crippen LogP contribution in [0.1, 0.15) is 56.7 Å². The Kier molecular flexibility index (Phi) is 5.49. The zero-order valence-electron chi connectivity index (χ0n) is 15.5. The SMILES string of the molecule is CCOC(=O)CC(=O)N1CCCN1C(=O)c1cc(C(C)(C)C)nn1C. The molecule has 1 fully saturated rings. The van der Waals surface area contributed by atoms with E-state index < -0.39 is 11.9 Å². The second-order valence-electron chi connectivity index (χ2n) is 7.07. The molecule has 1 aromatic rings. The number of carbonyl (C=O) groups excluding carboxylic acids is 3. The number of hydrogen-bond acceptors (Lipinski definition) is 5. The molecule has 0 aromatic carbocycles. The van der Waals surface area contributed by atoms with Gasteiger partial charge in [0.2, 0.25) is 0 Å². The Hall–Kier alpha value is -2.38. The summed E-state index contributed by atoms with van der Waals surface area (Å²) in [5.74, 6) is -1.30. The highest BCUT2D eigenvalue weighted by molar-refractivity contribution is 5.98. The Bertz CT molecular complexity index is 675. The number of esters is 1. The lowest BCUT2D eigenvalue weighted by Crippen LogP contribution is -2.46. The van der Waals surface area contributed by atoms with E-state index in [9.17, 15) is 14.4 Å². The first kappa shape index (κ1) is 19.0. The average Bonchev–Trinajstić information content (AvgIpc) is 3.12. The molecule has 1 aliphatic rings. The summed E-state index contributed by atoms with van der Waals surface area (Å²) in [7, 11) is 1.71. The Morgan fingerprint density at radius 2 is 1.84 bits per heavy atom. The number of hydrazine groups is 1. The van der Waals surface area contributed by atoms with Crippen molar-refractivity contribution in [3.05, 3.63) is 17.5 Å². The molecule has 0 N–H and O–H groups in total. The van der Waals surface area contributed by atoms with Gasteiger partial charge in [0.05, 0.1) is 12.3 Å². The zero-order valence-corrected chi connectivity index (χ0v) is 15.5. The van der Waals surface area contributed by atoms with Crippen LogP contribution >= 0.6 is 0 Å².